The highest BCUT2D eigenvalue weighted by atomic mass is 32.2. The van der Waals surface area contributed by atoms with Crippen molar-refractivity contribution in [2.24, 2.45) is 5.92 Å². The molecule has 1 aliphatic carbocycles. The second kappa shape index (κ2) is 12.2. The standard InChI is InChI=1S/C25H31FN2O6S/c1-2-34-23(29)16-17-28(24(25(30)27-31)20-6-4-3-5-7-20)35(32,33)22-14-10-19(11-15-22)18-8-12-21(26)13-9-18/h8-15,20,24,31H,2-7,16-17H2,1H3,(H,27,30). The maximum atomic E-state index is 13.8. The summed E-state index contributed by atoms with van der Waals surface area (Å²) in [5, 5.41) is 9.43. The smallest absolute Gasteiger partial charge is 0.307 e. The number of nitrogens with one attached hydrogen (secondary N) is 1. The summed E-state index contributed by atoms with van der Waals surface area (Å²) >= 11 is 0. The molecule has 1 amide bonds. The summed E-state index contributed by atoms with van der Waals surface area (Å²) in [6.07, 6.45) is 3.71. The van der Waals surface area contributed by atoms with Crippen LogP contribution >= 0.6 is 0 Å². The predicted octanol–water partition coefficient (Wildman–Crippen LogP) is 3.89. The highest BCUT2D eigenvalue weighted by Gasteiger charge is 2.41. The molecule has 1 unspecified atom stereocenters. The highest BCUT2D eigenvalue weighted by Crippen LogP contribution is 2.33. The van der Waals surface area contributed by atoms with Crippen molar-refractivity contribution in [2.75, 3.05) is 13.2 Å². The Morgan fingerprint density at radius 2 is 1.63 bits per heavy atom. The van der Waals surface area contributed by atoms with Gasteiger partial charge in [-0.15, -0.1) is 0 Å². The molecule has 0 radical (unpaired) electrons. The first-order valence-electron chi connectivity index (χ1n) is 11.7. The molecule has 1 fully saturated rings. The SMILES string of the molecule is CCOC(=O)CCN(C(C(=O)NO)C1CCCCC1)S(=O)(=O)c1ccc(-c2ccc(F)cc2)cc1. The van der Waals surface area contributed by atoms with E-state index in [1.807, 2.05) is 0 Å². The number of hydrogen-bond acceptors (Lipinski definition) is 6. The summed E-state index contributed by atoms with van der Waals surface area (Å²) in [5.74, 6) is -2.08. The van der Waals surface area contributed by atoms with E-state index >= 15 is 0 Å². The average molecular weight is 507 g/mol. The summed E-state index contributed by atoms with van der Waals surface area (Å²) in [6.45, 7) is 1.54. The maximum Gasteiger partial charge on any atom is 0.307 e. The van der Waals surface area contributed by atoms with E-state index in [2.05, 4.69) is 0 Å². The van der Waals surface area contributed by atoms with Gasteiger partial charge in [0.25, 0.3) is 5.91 Å². The fourth-order valence-electron chi connectivity index (χ4n) is 4.54. The first-order chi connectivity index (χ1) is 16.8. The summed E-state index contributed by atoms with van der Waals surface area (Å²) < 4.78 is 46.7. The average Bonchev–Trinajstić information content (AvgIpc) is 2.87. The zero-order valence-electron chi connectivity index (χ0n) is 19.7. The van der Waals surface area contributed by atoms with Crippen LogP contribution in [0.5, 0.6) is 0 Å². The second-order valence-corrected chi connectivity index (χ2v) is 10.4. The van der Waals surface area contributed by atoms with Crippen LogP contribution in [-0.4, -0.2) is 49.0 Å². The van der Waals surface area contributed by atoms with Gasteiger partial charge in [-0.2, -0.15) is 4.31 Å². The van der Waals surface area contributed by atoms with Gasteiger partial charge in [-0.25, -0.2) is 18.3 Å². The molecule has 0 spiro atoms. The molecular weight excluding hydrogens is 475 g/mol. The highest BCUT2D eigenvalue weighted by molar-refractivity contribution is 7.89. The number of halogens is 1. The van der Waals surface area contributed by atoms with Gasteiger partial charge in [0.15, 0.2) is 0 Å². The number of ether oxygens (including phenoxy) is 1. The van der Waals surface area contributed by atoms with Crippen molar-refractivity contribution in [3.63, 3.8) is 0 Å². The number of benzene rings is 2. The molecule has 10 heteroatoms. The molecule has 1 aliphatic rings. The molecule has 0 aliphatic heterocycles. The van der Waals surface area contributed by atoms with Crippen molar-refractivity contribution in [3.8, 4) is 11.1 Å². The van der Waals surface area contributed by atoms with Crippen LogP contribution in [0.4, 0.5) is 4.39 Å². The van der Waals surface area contributed by atoms with Gasteiger partial charge in [0.1, 0.15) is 11.9 Å². The summed E-state index contributed by atoms with van der Waals surface area (Å²) in [5.41, 5.74) is 3.03. The van der Waals surface area contributed by atoms with Gasteiger partial charge in [0.05, 0.1) is 17.9 Å². The van der Waals surface area contributed by atoms with E-state index < -0.39 is 27.9 Å². The van der Waals surface area contributed by atoms with Crippen molar-refractivity contribution in [1.82, 2.24) is 9.79 Å². The lowest BCUT2D eigenvalue weighted by Gasteiger charge is -2.36. The fourth-order valence-corrected chi connectivity index (χ4v) is 6.19. The second-order valence-electron chi connectivity index (χ2n) is 8.52. The lowest BCUT2D eigenvalue weighted by molar-refractivity contribution is -0.144. The van der Waals surface area contributed by atoms with Gasteiger partial charge >= 0.3 is 5.97 Å². The number of sulfonamides is 1. The van der Waals surface area contributed by atoms with Gasteiger partial charge in [0, 0.05) is 6.54 Å². The van der Waals surface area contributed by atoms with Crippen molar-refractivity contribution < 1.29 is 32.3 Å². The third-order valence-electron chi connectivity index (χ3n) is 6.27. The third-order valence-corrected chi connectivity index (χ3v) is 8.16. The minimum atomic E-state index is -4.23. The van der Waals surface area contributed by atoms with Gasteiger partial charge < -0.3 is 4.74 Å². The molecule has 1 saturated carbocycles. The van der Waals surface area contributed by atoms with Crippen molar-refractivity contribution in [1.29, 1.82) is 0 Å². The lowest BCUT2D eigenvalue weighted by Crippen LogP contribution is -2.53. The largest absolute Gasteiger partial charge is 0.466 e. The van der Waals surface area contributed by atoms with Crippen molar-refractivity contribution in [3.05, 3.63) is 54.3 Å². The fraction of sp³-hybridized carbons (Fsp3) is 0.440. The molecule has 0 heterocycles. The Hall–Kier alpha value is -2.82. The molecule has 0 saturated heterocycles. The quantitative estimate of drug-likeness (QED) is 0.287. The monoisotopic (exact) mass is 506 g/mol. The molecule has 2 aromatic carbocycles. The minimum Gasteiger partial charge on any atom is -0.466 e. The molecule has 0 bridgehead atoms. The van der Waals surface area contributed by atoms with E-state index in [0.717, 1.165) is 23.6 Å². The summed E-state index contributed by atoms with van der Waals surface area (Å²) in [4.78, 5) is 24.8. The van der Waals surface area contributed by atoms with Gasteiger partial charge in [0.2, 0.25) is 10.0 Å². The van der Waals surface area contributed by atoms with E-state index in [-0.39, 0.29) is 36.2 Å². The van der Waals surface area contributed by atoms with Crippen LogP contribution in [0.25, 0.3) is 11.1 Å². The number of hydrogen-bond donors (Lipinski definition) is 2. The van der Waals surface area contributed by atoms with E-state index in [9.17, 15) is 27.6 Å². The van der Waals surface area contributed by atoms with Crippen LogP contribution in [-0.2, 0) is 24.3 Å². The van der Waals surface area contributed by atoms with Crippen LogP contribution in [0, 0.1) is 11.7 Å². The zero-order chi connectivity index (χ0) is 25.4. The Labute approximate surface area is 205 Å². The Balaban J connectivity index is 1.96. The Bertz CT molecular complexity index is 1100. The Kier molecular flexibility index (Phi) is 9.36. The van der Waals surface area contributed by atoms with Crippen molar-refractivity contribution in [2.45, 2.75) is 56.4 Å². The molecule has 0 aromatic heterocycles. The number of hydroxylamine groups is 1. The van der Waals surface area contributed by atoms with E-state index in [1.165, 1.54) is 24.3 Å². The molecule has 2 N–H and O–H groups in total. The Morgan fingerprint density at radius 3 is 2.17 bits per heavy atom. The topological polar surface area (TPSA) is 113 Å². The van der Waals surface area contributed by atoms with Crippen LogP contribution in [0.3, 0.4) is 0 Å². The van der Waals surface area contributed by atoms with Gasteiger partial charge in [-0.05, 0) is 61.1 Å². The molecule has 35 heavy (non-hydrogen) atoms. The van der Waals surface area contributed by atoms with Gasteiger partial charge in [-0.3, -0.25) is 14.8 Å². The predicted molar refractivity (Wildman–Crippen MR) is 127 cm³/mol. The van der Waals surface area contributed by atoms with Crippen LogP contribution in [0.15, 0.2) is 53.4 Å². The lowest BCUT2D eigenvalue weighted by atomic mass is 9.83. The minimum absolute atomic E-state index is 0.0567. The number of nitrogens with zero attached hydrogens (tertiary/aromatic N) is 1. The summed E-state index contributed by atoms with van der Waals surface area (Å²) in [6, 6.07) is 10.7. The first kappa shape index (κ1) is 26.8. The Morgan fingerprint density at radius 1 is 1.06 bits per heavy atom. The molecule has 1 atom stereocenters. The van der Waals surface area contributed by atoms with E-state index in [0.29, 0.717) is 24.0 Å². The molecule has 190 valence electrons. The number of rotatable bonds is 10. The number of carbonyl (C=O) groups is 2. The number of amides is 1. The molecule has 3 rings (SSSR count). The van der Waals surface area contributed by atoms with Crippen LogP contribution < -0.4 is 5.48 Å². The van der Waals surface area contributed by atoms with E-state index in [1.54, 1.807) is 36.7 Å². The molecule has 2 aromatic rings. The number of carbonyl (C=O) groups excluding carboxylic acids is 2. The van der Waals surface area contributed by atoms with Gasteiger partial charge in [-0.1, -0.05) is 43.5 Å². The zero-order valence-corrected chi connectivity index (χ0v) is 20.5. The maximum absolute atomic E-state index is 13.8. The van der Waals surface area contributed by atoms with Crippen LogP contribution in [0.2, 0.25) is 0 Å². The first-order valence-corrected chi connectivity index (χ1v) is 13.2. The van der Waals surface area contributed by atoms with E-state index in [4.69, 9.17) is 4.74 Å². The number of esters is 1. The summed E-state index contributed by atoms with van der Waals surface area (Å²) in [7, 11) is -4.23. The normalized spacial score (nSPS) is 15.5. The van der Waals surface area contributed by atoms with Crippen LogP contribution in [0.1, 0.15) is 45.4 Å². The third kappa shape index (κ3) is 6.65. The molecular formula is C25H31FN2O6S. The van der Waals surface area contributed by atoms with Crippen molar-refractivity contribution >= 4 is 21.9 Å². The molecule has 8 nitrogen and oxygen atoms in total.